The van der Waals surface area contributed by atoms with Gasteiger partial charge in [0, 0.05) is 13.1 Å². The van der Waals surface area contributed by atoms with Gasteiger partial charge in [0.15, 0.2) is 5.96 Å². The third-order valence-corrected chi connectivity index (χ3v) is 2.82. The van der Waals surface area contributed by atoms with E-state index in [0.29, 0.717) is 0 Å². The Bertz CT molecular complexity index is 196. The number of nitrogens with one attached hydrogen (secondary N) is 2. The summed E-state index contributed by atoms with van der Waals surface area (Å²) in [5.41, 5.74) is 0. The van der Waals surface area contributed by atoms with Gasteiger partial charge in [-0.2, -0.15) is 0 Å². The summed E-state index contributed by atoms with van der Waals surface area (Å²) in [6.07, 6.45) is 4.00. The predicted octanol–water partition coefficient (Wildman–Crippen LogP) is 0.0211. The highest BCUT2D eigenvalue weighted by molar-refractivity contribution is 5.81. The number of aliphatic imine (C=N–C) groups is 1. The molecular weight excluding hydrogens is 176 g/mol. The molecule has 4 nitrogen and oxygen atoms in total. The first-order chi connectivity index (χ1) is 6.95. The monoisotopic (exact) mass is 196 g/mol. The van der Waals surface area contributed by atoms with Crippen LogP contribution in [-0.4, -0.2) is 50.1 Å². The first-order valence-electron chi connectivity index (χ1n) is 5.70. The molecule has 2 N–H and O–H groups in total. The number of rotatable bonds is 4. The summed E-state index contributed by atoms with van der Waals surface area (Å²) in [7, 11) is 0. The molecule has 0 aliphatic carbocycles. The minimum Gasteiger partial charge on any atom is -0.356 e. The van der Waals surface area contributed by atoms with Gasteiger partial charge in [0.2, 0.25) is 0 Å². The van der Waals surface area contributed by atoms with Crippen molar-refractivity contribution in [2.45, 2.75) is 19.3 Å². The standard InChI is InChI=1S/C10H20N4/c1-2-8-14(7-1)9-3-4-11-10-12-5-6-13-10/h1-9H2,(H2,11,12,13). The molecule has 2 aliphatic heterocycles. The number of guanidine groups is 1. The highest BCUT2D eigenvalue weighted by Crippen LogP contribution is 2.06. The number of likely N-dealkylation sites (tertiary alicyclic amines) is 1. The van der Waals surface area contributed by atoms with Gasteiger partial charge in [-0.05, 0) is 38.9 Å². The van der Waals surface area contributed by atoms with Crippen LogP contribution in [-0.2, 0) is 0 Å². The highest BCUT2D eigenvalue weighted by atomic mass is 15.2. The van der Waals surface area contributed by atoms with Crippen LogP contribution in [0.1, 0.15) is 19.3 Å². The van der Waals surface area contributed by atoms with E-state index in [1.807, 2.05) is 0 Å². The van der Waals surface area contributed by atoms with Crippen molar-refractivity contribution in [2.24, 2.45) is 4.99 Å². The van der Waals surface area contributed by atoms with Gasteiger partial charge in [-0.15, -0.1) is 0 Å². The summed E-state index contributed by atoms with van der Waals surface area (Å²) >= 11 is 0. The van der Waals surface area contributed by atoms with Crippen LogP contribution in [0.15, 0.2) is 4.99 Å². The van der Waals surface area contributed by atoms with Crippen LogP contribution in [0.3, 0.4) is 0 Å². The minimum atomic E-state index is 0.925. The molecule has 2 aliphatic rings. The molecule has 0 spiro atoms. The van der Waals surface area contributed by atoms with Crippen molar-refractivity contribution in [3.05, 3.63) is 0 Å². The fourth-order valence-electron chi connectivity index (χ4n) is 2.03. The van der Waals surface area contributed by atoms with Crippen molar-refractivity contribution in [3.8, 4) is 0 Å². The Kier molecular flexibility index (Phi) is 3.63. The lowest BCUT2D eigenvalue weighted by Gasteiger charge is -2.14. The van der Waals surface area contributed by atoms with Crippen LogP contribution in [0.25, 0.3) is 0 Å². The third-order valence-electron chi connectivity index (χ3n) is 2.82. The maximum absolute atomic E-state index is 4.29. The number of hydrogen-bond acceptors (Lipinski definition) is 4. The van der Waals surface area contributed by atoms with Gasteiger partial charge < -0.3 is 15.5 Å². The molecule has 14 heavy (non-hydrogen) atoms. The Labute approximate surface area is 85.8 Å². The molecule has 0 aromatic heterocycles. The zero-order valence-corrected chi connectivity index (χ0v) is 8.76. The Balaban J connectivity index is 1.50. The molecule has 1 fully saturated rings. The number of hydrogen-bond donors (Lipinski definition) is 2. The van der Waals surface area contributed by atoms with Crippen LogP contribution in [0.2, 0.25) is 0 Å². The molecule has 0 unspecified atom stereocenters. The molecule has 0 saturated carbocycles. The van der Waals surface area contributed by atoms with Crippen LogP contribution >= 0.6 is 0 Å². The van der Waals surface area contributed by atoms with Crippen molar-refractivity contribution < 1.29 is 0 Å². The Morgan fingerprint density at radius 3 is 2.93 bits per heavy atom. The highest BCUT2D eigenvalue weighted by Gasteiger charge is 2.10. The Morgan fingerprint density at radius 1 is 1.36 bits per heavy atom. The van der Waals surface area contributed by atoms with Crippen LogP contribution < -0.4 is 10.6 Å². The van der Waals surface area contributed by atoms with Gasteiger partial charge in [-0.1, -0.05) is 0 Å². The quantitative estimate of drug-likeness (QED) is 0.623. The van der Waals surface area contributed by atoms with Gasteiger partial charge in [0.1, 0.15) is 0 Å². The smallest absolute Gasteiger partial charge is 0.191 e. The fourth-order valence-corrected chi connectivity index (χ4v) is 2.03. The minimum absolute atomic E-state index is 0.925. The maximum Gasteiger partial charge on any atom is 0.191 e. The van der Waals surface area contributed by atoms with Crippen molar-refractivity contribution >= 4 is 5.96 Å². The summed E-state index contributed by atoms with van der Waals surface area (Å²) < 4.78 is 0. The van der Waals surface area contributed by atoms with Crippen LogP contribution in [0.5, 0.6) is 0 Å². The third kappa shape index (κ3) is 2.87. The summed E-state index contributed by atoms with van der Waals surface area (Å²) in [5, 5.41) is 6.53. The molecule has 0 radical (unpaired) electrons. The molecule has 0 bridgehead atoms. The molecule has 80 valence electrons. The molecule has 0 atom stereocenters. The van der Waals surface area contributed by atoms with Gasteiger partial charge in [-0.3, -0.25) is 4.99 Å². The first-order valence-corrected chi connectivity index (χ1v) is 5.70. The molecule has 1 saturated heterocycles. The largest absolute Gasteiger partial charge is 0.356 e. The van der Waals surface area contributed by atoms with Gasteiger partial charge >= 0.3 is 0 Å². The van der Waals surface area contributed by atoms with Crippen molar-refractivity contribution in [2.75, 3.05) is 39.3 Å². The first kappa shape index (κ1) is 9.77. The van der Waals surface area contributed by atoms with Crippen LogP contribution in [0.4, 0.5) is 0 Å². The van der Waals surface area contributed by atoms with E-state index in [4.69, 9.17) is 0 Å². The van der Waals surface area contributed by atoms with E-state index in [0.717, 1.165) is 25.6 Å². The van der Waals surface area contributed by atoms with Crippen LogP contribution in [0, 0.1) is 0 Å². The van der Waals surface area contributed by atoms with Gasteiger partial charge in [0.05, 0.1) is 6.54 Å². The van der Waals surface area contributed by atoms with Gasteiger partial charge in [-0.25, -0.2) is 0 Å². The van der Waals surface area contributed by atoms with E-state index >= 15 is 0 Å². The maximum atomic E-state index is 4.29. The molecule has 0 aromatic rings. The Morgan fingerprint density at radius 2 is 2.21 bits per heavy atom. The van der Waals surface area contributed by atoms with E-state index in [1.54, 1.807) is 0 Å². The fraction of sp³-hybridized carbons (Fsp3) is 0.900. The van der Waals surface area contributed by atoms with E-state index in [1.165, 1.54) is 38.9 Å². The number of nitrogens with zero attached hydrogens (tertiary/aromatic N) is 2. The summed E-state index contributed by atoms with van der Waals surface area (Å²) in [5.74, 6) is 0.992. The lowest BCUT2D eigenvalue weighted by molar-refractivity contribution is 0.334. The summed E-state index contributed by atoms with van der Waals surface area (Å²) in [6, 6.07) is 0. The average molecular weight is 196 g/mol. The second-order valence-corrected chi connectivity index (χ2v) is 3.99. The zero-order valence-electron chi connectivity index (χ0n) is 8.76. The van der Waals surface area contributed by atoms with Gasteiger partial charge in [0.25, 0.3) is 0 Å². The average Bonchev–Trinajstić information content (AvgIpc) is 2.86. The second-order valence-electron chi connectivity index (χ2n) is 3.99. The molecular formula is C10H20N4. The molecule has 2 rings (SSSR count). The van der Waals surface area contributed by atoms with Crippen molar-refractivity contribution in [3.63, 3.8) is 0 Å². The molecule has 0 amide bonds. The summed E-state index contributed by atoms with van der Waals surface area (Å²) in [4.78, 5) is 6.83. The van der Waals surface area contributed by atoms with Crippen molar-refractivity contribution in [1.29, 1.82) is 0 Å². The van der Waals surface area contributed by atoms with Crippen molar-refractivity contribution in [1.82, 2.24) is 15.5 Å². The summed E-state index contributed by atoms with van der Waals surface area (Å²) in [6.45, 7) is 6.81. The normalized spacial score (nSPS) is 22.1. The van der Waals surface area contributed by atoms with E-state index in [-0.39, 0.29) is 0 Å². The SMILES string of the molecule is C1CCN(CCCNC2=NCCN2)C1. The zero-order chi connectivity index (χ0) is 9.64. The molecule has 2 heterocycles. The molecule has 4 heteroatoms. The predicted molar refractivity (Wildman–Crippen MR) is 58.6 cm³/mol. The van der Waals surface area contributed by atoms with E-state index in [2.05, 4.69) is 20.5 Å². The topological polar surface area (TPSA) is 39.7 Å². The second kappa shape index (κ2) is 5.20. The molecule has 0 aromatic carbocycles. The Hall–Kier alpha value is -0.770. The lowest BCUT2D eigenvalue weighted by Crippen LogP contribution is -2.35. The van der Waals surface area contributed by atoms with E-state index in [9.17, 15) is 0 Å². The van der Waals surface area contributed by atoms with E-state index < -0.39 is 0 Å². The lowest BCUT2D eigenvalue weighted by atomic mass is 10.4.